The van der Waals surface area contributed by atoms with E-state index in [-0.39, 0.29) is 6.61 Å². The molecular weight excluding hydrogens is 408 g/mol. The van der Waals surface area contributed by atoms with Gasteiger partial charge in [0.15, 0.2) is 6.29 Å². The van der Waals surface area contributed by atoms with Crippen molar-refractivity contribution in [2.24, 2.45) is 0 Å². The number of aliphatic hydroxyl groups excluding tert-OH is 4. The summed E-state index contributed by atoms with van der Waals surface area (Å²) in [5, 5.41) is 47.8. The molecule has 4 N–H and O–H groups in total. The maximum atomic E-state index is 10.00. The number of para-hydroxylation sites is 1. The van der Waals surface area contributed by atoms with Crippen LogP contribution in [0, 0.1) is 0 Å². The van der Waals surface area contributed by atoms with Gasteiger partial charge in [-0.2, -0.15) is 0 Å². The van der Waals surface area contributed by atoms with Crippen molar-refractivity contribution in [1.29, 1.82) is 0 Å². The highest BCUT2D eigenvalue weighted by atomic mass is 16.7. The molecule has 1 aliphatic rings. The molecule has 0 saturated carbocycles. The predicted octanol–water partition coefficient (Wildman–Crippen LogP) is -0.778. The van der Waals surface area contributed by atoms with Crippen molar-refractivity contribution < 1.29 is 34.6 Å². The van der Waals surface area contributed by atoms with Crippen LogP contribution >= 0.6 is 0 Å². The van der Waals surface area contributed by atoms with Gasteiger partial charge in [0.05, 0.1) is 26.0 Å². The highest BCUT2D eigenvalue weighted by Gasteiger charge is 2.44. The Morgan fingerprint density at radius 1 is 1.06 bits per heavy atom. The monoisotopic (exact) mass is 432 g/mol. The molecule has 5 atom stereocenters. The van der Waals surface area contributed by atoms with Crippen LogP contribution < -0.4 is 4.74 Å². The molecule has 1 aliphatic heterocycles. The van der Waals surface area contributed by atoms with E-state index in [4.69, 9.17) is 14.2 Å². The molecule has 31 heavy (non-hydrogen) atoms. The molecule has 0 radical (unpaired) electrons. The minimum Gasteiger partial charge on any atom is -0.489 e. The zero-order chi connectivity index (χ0) is 21.8. The van der Waals surface area contributed by atoms with Gasteiger partial charge in [0.25, 0.3) is 0 Å². The second-order valence-electron chi connectivity index (χ2n) is 7.16. The summed E-state index contributed by atoms with van der Waals surface area (Å²) in [4.78, 5) is 4.35. The van der Waals surface area contributed by atoms with Gasteiger partial charge in [-0.15, -0.1) is 5.10 Å². The molecule has 4 rings (SSSR count). The lowest BCUT2D eigenvalue weighted by atomic mass is 9.99. The van der Waals surface area contributed by atoms with Gasteiger partial charge >= 0.3 is 0 Å². The number of hydrogen-bond acceptors (Lipinski definition) is 10. The molecule has 0 amide bonds. The summed E-state index contributed by atoms with van der Waals surface area (Å²) in [7, 11) is 0. The largest absolute Gasteiger partial charge is 0.489 e. The second kappa shape index (κ2) is 9.64. The van der Waals surface area contributed by atoms with E-state index in [0.717, 1.165) is 10.9 Å². The average Bonchev–Trinajstić information content (AvgIpc) is 3.25. The van der Waals surface area contributed by atoms with Crippen LogP contribution in [0.4, 0.5) is 0 Å². The average molecular weight is 432 g/mol. The number of hydrogen-bond donors (Lipinski definition) is 4. The van der Waals surface area contributed by atoms with Crippen LogP contribution in [0.1, 0.15) is 5.69 Å². The minimum atomic E-state index is -1.49. The number of fused-ring (bicyclic) bond motifs is 1. The standard InChI is InChI=1S/C20H24N4O7/c25-10-15-17(26)18(27)19(28)20(31-15)30-11-13-9-24(23-22-13)7-8-29-14-5-1-3-12-4-2-6-21-16(12)14/h1-6,9,15,17-20,25-28H,7-8,10-11H2/t15-,17-,18+,19-,20-/m1/s1. The Hall–Kier alpha value is -2.67. The predicted molar refractivity (Wildman–Crippen MR) is 106 cm³/mol. The Morgan fingerprint density at radius 3 is 2.74 bits per heavy atom. The van der Waals surface area contributed by atoms with Crippen molar-refractivity contribution in [3.8, 4) is 5.75 Å². The summed E-state index contributed by atoms with van der Waals surface area (Å²) in [5.41, 5.74) is 1.26. The number of nitrogens with zero attached hydrogens (tertiary/aromatic N) is 4. The zero-order valence-corrected chi connectivity index (χ0v) is 16.6. The van der Waals surface area contributed by atoms with Crippen LogP contribution in [0.15, 0.2) is 42.7 Å². The zero-order valence-electron chi connectivity index (χ0n) is 16.6. The van der Waals surface area contributed by atoms with Crippen molar-refractivity contribution in [2.45, 2.75) is 43.9 Å². The van der Waals surface area contributed by atoms with Crippen LogP contribution in [0.5, 0.6) is 5.75 Å². The first kappa shape index (κ1) is 21.6. The molecule has 166 valence electrons. The molecule has 1 saturated heterocycles. The smallest absolute Gasteiger partial charge is 0.187 e. The Morgan fingerprint density at radius 2 is 1.90 bits per heavy atom. The fraction of sp³-hybridized carbons (Fsp3) is 0.450. The second-order valence-corrected chi connectivity index (χ2v) is 7.16. The van der Waals surface area contributed by atoms with Crippen LogP contribution in [0.2, 0.25) is 0 Å². The number of benzene rings is 1. The van der Waals surface area contributed by atoms with E-state index in [2.05, 4.69) is 15.3 Å². The highest BCUT2D eigenvalue weighted by molar-refractivity contribution is 5.84. The quantitative estimate of drug-likeness (QED) is 0.357. The van der Waals surface area contributed by atoms with E-state index in [0.29, 0.717) is 24.6 Å². The third-order valence-corrected chi connectivity index (χ3v) is 5.00. The summed E-state index contributed by atoms with van der Waals surface area (Å²) in [6, 6.07) is 9.57. The molecule has 3 heterocycles. The van der Waals surface area contributed by atoms with Crippen molar-refractivity contribution in [3.63, 3.8) is 0 Å². The van der Waals surface area contributed by atoms with Crippen molar-refractivity contribution in [2.75, 3.05) is 13.2 Å². The van der Waals surface area contributed by atoms with E-state index in [1.807, 2.05) is 30.3 Å². The highest BCUT2D eigenvalue weighted by Crippen LogP contribution is 2.23. The maximum absolute atomic E-state index is 10.00. The Kier molecular flexibility index (Phi) is 6.70. The Labute approximate surface area is 177 Å². The first-order valence-electron chi connectivity index (χ1n) is 9.84. The van der Waals surface area contributed by atoms with E-state index < -0.39 is 37.3 Å². The van der Waals surface area contributed by atoms with Crippen LogP contribution in [-0.2, 0) is 22.6 Å². The minimum absolute atomic E-state index is 0.0449. The van der Waals surface area contributed by atoms with Gasteiger partial charge in [0, 0.05) is 11.6 Å². The molecule has 0 bridgehead atoms. The third kappa shape index (κ3) is 4.82. The number of aliphatic hydroxyl groups is 4. The first-order valence-corrected chi connectivity index (χ1v) is 9.84. The number of aromatic nitrogens is 4. The fourth-order valence-electron chi connectivity index (χ4n) is 3.33. The van der Waals surface area contributed by atoms with Gasteiger partial charge in [0.2, 0.25) is 0 Å². The van der Waals surface area contributed by atoms with E-state index in [1.165, 1.54) is 0 Å². The lowest BCUT2D eigenvalue weighted by Gasteiger charge is -2.39. The molecule has 0 aliphatic carbocycles. The number of ether oxygens (including phenoxy) is 3. The Bertz CT molecular complexity index is 993. The van der Waals surface area contributed by atoms with Crippen molar-refractivity contribution >= 4 is 10.9 Å². The van der Waals surface area contributed by atoms with Gasteiger partial charge in [-0.1, -0.05) is 23.4 Å². The summed E-state index contributed by atoms with van der Waals surface area (Å²) in [6.45, 7) is 0.228. The van der Waals surface area contributed by atoms with E-state index in [9.17, 15) is 20.4 Å². The van der Waals surface area contributed by atoms with Gasteiger partial charge in [-0.3, -0.25) is 4.98 Å². The fourth-order valence-corrected chi connectivity index (χ4v) is 3.33. The SMILES string of the molecule is OC[C@H]1O[C@@H](OCc2cn(CCOc3cccc4cccnc34)nn2)[C@H](O)[C@@H](O)[C@@H]1O. The molecule has 0 unspecified atom stereocenters. The van der Waals surface area contributed by atoms with Gasteiger partial charge in [-0.25, -0.2) is 4.68 Å². The summed E-state index contributed by atoms with van der Waals surface area (Å²) in [6.07, 6.45) is -3.26. The van der Waals surface area contributed by atoms with E-state index in [1.54, 1.807) is 17.1 Å². The number of pyridine rings is 1. The van der Waals surface area contributed by atoms with Crippen LogP contribution in [0.3, 0.4) is 0 Å². The molecule has 1 aromatic carbocycles. The molecule has 3 aromatic rings. The molecule has 11 heteroatoms. The molecular formula is C20H24N4O7. The molecule has 11 nitrogen and oxygen atoms in total. The topological polar surface area (TPSA) is 152 Å². The van der Waals surface area contributed by atoms with Crippen molar-refractivity contribution in [3.05, 3.63) is 48.4 Å². The normalized spacial score (nSPS) is 26.3. The first-order chi connectivity index (χ1) is 15.1. The molecule has 2 aromatic heterocycles. The van der Waals surface area contributed by atoms with E-state index >= 15 is 0 Å². The lowest BCUT2D eigenvalue weighted by molar-refractivity contribution is -0.304. The number of rotatable bonds is 8. The molecule has 1 fully saturated rings. The van der Waals surface area contributed by atoms with Gasteiger partial charge < -0.3 is 34.6 Å². The van der Waals surface area contributed by atoms with Crippen LogP contribution in [0.25, 0.3) is 10.9 Å². The Balaban J connectivity index is 1.29. The lowest BCUT2D eigenvalue weighted by Crippen LogP contribution is -2.59. The maximum Gasteiger partial charge on any atom is 0.187 e. The van der Waals surface area contributed by atoms with Crippen molar-refractivity contribution in [1.82, 2.24) is 20.0 Å². The summed E-state index contributed by atoms with van der Waals surface area (Å²) >= 11 is 0. The van der Waals surface area contributed by atoms with Gasteiger partial charge in [0.1, 0.15) is 48.0 Å². The van der Waals surface area contributed by atoms with Gasteiger partial charge in [-0.05, 0) is 12.1 Å². The van der Waals surface area contributed by atoms with Crippen LogP contribution in [-0.4, -0.2) is 84.3 Å². The summed E-state index contributed by atoms with van der Waals surface area (Å²) < 4.78 is 18.2. The molecule has 0 spiro atoms. The third-order valence-electron chi connectivity index (χ3n) is 5.00. The summed E-state index contributed by atoms with van der Waals surface area (Å²) in [5.74, 6) is 0.685.